The largest absolute Gasteiger partial charge is 0.489 e. The van der Waals surface area contributed by atoms with Gasteiger partial charge in [-0.05, 0) is 48.6 Å². The first kappa shape index (κ1) is 22.8. The van der Waals surface area contributed by atoms with E-state index in [-0.39, 0.29) is 18.9 Å². The van der Waals surface area contributed by atoms with Gasteiger partial charge in [-0.1, -0.05) is 56.7 Å². The summed E-state index contributed by atoms with van der Waals surface area (Å²) in [6.07, 6.45) is 2.47. The van der Waals surface area contributed by atoms with E-state index in [1.807, 2.05) is 24.3 Å². The second-order valence-corrected chi connectivity index (χ2v) is 8.31. The lowest BCUT2D eigenvalue weighted by molar-refractivity contribution is -0.137. The maximum atomic E-state index is 13.4. The number of rotatable bonds is 10. The van der Waals surface area contributed by atoms with Gasteiger partial charge in [0.25, 0.3) is 0 Å². The van der Waals surface area contributed by atoms with Gasteiger partial charge in [0.1, 0.15) is 18.4 Å². The Bertz CT molecular complexity index is 879. The third-order valence-electron chi connectivity index (χ3n) is 5.57. The van der Waals surface area contributed by atoms with E-state index in [0.717, 1.165) is 24.1 Å². The van der Waals surface area contributed by atoms with Crippen molar-refractivity contribution in [2.75, 3.05) is 18.1 Å². The zero-order valence-electron chi connectivity index (χ0n) is 18.3. The number of aliphatic carboxylic acids is 1. The average Bonchev–Trinajstić information content (AvgIpc) is 2.88. The average molecular weight is 425 g/mol. The Morgan fingerprint density at radius 2 is 1.87 bits per heavy atom. The first-order valence-electron chi connectivity index (χ1n) is 11.0. The van der Waals surface area contributed by atoms with E-state index in [1.54, 1.807) is 4.90 Å². The molecule has 0 saturated heterocycles. The molecule has 0 aliphatic carbocycles. The van der Waals surface area contributed by atoms with E-state index >= 15 is 0 Å². The van der Waals surface area contributed by atoms with Crippen molar-refractivity contribution in [3.05, 3.63) is 59.7 Å². The molecule has 0 radical (unpaired) electrons. The Labute approximate surface area is 184 Å². The molecular weight excluding hydrogens is 392 g/mol. The van der Waals surface area contributed by atoms with Crippen molar-refractivity contribution in [1.82, 2.24) is 5.32 Å². The van der Waals surface area contributed by atoms with Gasteiger partial charge in [0.15, 0.2) is 0 Å². The monoisotopic (exact) mass is 424 g/mol. The number of hydrogen-bond acceptors (Lipinski definition) is 4. The van der Waals surface area contributed by atoms with Crippen LogP contribution in [0.3, 0.4) is 0 Å². The van der Waals surface area contributed by atoms with Gasteiger partial charge in [0, 0.05) is 6.42 Å². The highest BCUT2D eigenvalue weighted by Crippen LogP contribution is 2.32. The zero-order valence-corrected chi connectivity index (χ0v) is 18.3. The van der Waals surface area contributed by atoms with Crippen molar-refractivity contribution in [3.63, 3.8) is 0 Å². The fourth-order valence-electron chi connectivity index (χ4n) is 3.71. The molecule has 3 rings (SSSR count). The van der Waals surface area contributed by atoms with Gasteiger partial charge in [-0.15, -0.1) is 0 Å². The van der Waals surface area contributed by atoms with Crippen molar-refractivity contribution < 1.29 is 19.4 Å². The molecule has 2 aromatic rings. The van der Waals surface area contributed by atoms with E-state index in [4.69, 9.17) is 9.84 Å². The Kier molecular flexibility index (Phi) is 8.06. The van der Waals surface area contributed by atoms with Crippen LogP contribution in [-0.4, -0.2) is 36.2 Å². The van der Waals surface area contributed by atoms with E-state index in [2.05, 4.69) is 43.4 Å². The minimum absolute atomic E-state index is 0.0107. The van der Waals surface area contributed by atoms with Crippen LogP contribution in [0.5, 0.6) is 5.75 Å². The maximum Gasteiger partial charge on any atom is 0.303 e. The summed E-state index contributed by atoms with van der Waals surface area (Å²) in [6, 6.07) is 15.6. The quantitative estimate of drug-likeness (QED) is 0.555. The van der Waals surface area contributed by atoms with E-state index in [0.29, 0.717) is 31.2 Å². The van der Waals surface area contributed by atoms with E-state index < -0.39 is 12.0 Å². The fraction of sp³-hybridized carbons (Fsp3) is 0.440. The molecule has 0 aromatic heterocycles. The predicted molar refractivity (Wildman–Crippen MR) is 122 cm³/mol. The number of unbranched alkanes of at least 4 members (excludes halogenated alkanes) is 2. The van der Waals surface area contributed by atoms with Crippen LogP contribution in [0.4, 0.5) is 5.69 Å². The molecule has 1 amide bonds. The molecule has 0 fully saturated rings. The summed E-state index contributed by atoms with van der Waals surface area (Å²) in [5.74, 6) is 0.394. The third kappa shape index (κ3) is 6.31. The van der Waals surface area contributed by atoms with E-state index in [1.165, 1.54) is 5.56 Å². The first-order chi connectivity index (χ1) is 15.0. The standard InChI is InChI=1S/C25H32N2O4/c1-18(2)20-13-11-19(12-14-20)16-27-22-8-5-6-9-23(22)31-17-21(25(27)30)26-15-7-3-4-10-24(28)29/h5-6,8-9,11-14,18,21,26H,3-4,7,10,15-17H2,1-2H3,(H,28,29)/t21-/m0/s1. The summed E-state index contributed by atoms with van der Waals surface area (Å²) >= 11 is 0. The van der Waals surface area contributed by atoms with Crippen LogP contribution in [0.2, 0.25) is 0 Å². The molecule has 1 aliphatic heterocycles. The minimum Gasteiger partial charge on any atom is -0.489 e. The molecule has 1 atom stereocenters. The molecule has 6 nitrogen and oxygen atoms in total. The van der Waals surface area contributed by atoms with Gasteiger partial charge in [0.05, 0.1) is 12.2 Å². The predicted octanol–water partition coefficient (Wildman–Crippen LogP) is 4.34. The van der Waals surface area contributed by atoms with Crippen LogP contribution >= 0.6 is 0 Å². The molecule has 1 heterocycles. The number of carbonyl (C=O) groups excluding carboxylic acids is 1. The molecule has 6 heteroatoms. The maximum absolute atomic E-state index is 13.4. The normalized spacial score (nSPS) is 16.0. The highest BCUT2D eigenvalue weighted by Gasteiger charge is 2.31. The number of anilines is 1. The lowest BCUT2D eigenvalue weighted by Gasteiger charge is -2.25. The van der Waals surface area contributed by atoms with Gasteiger partial charge in [0.2, 0.25) is 5.91 Å². The fourth-order valence-corrected chi connectivity index (χ4v) is 3.71. The van der Waals surface area contributed by atoms with Gasteiger partial charge in [-0.3, -0.25) is 9.59 Å². The molecule has 0 spiro atoms. The second-order valence-electron chi connectivity index (χ2n) is 8.31. The third-order valence-corrected chi connectivity index (χ3v) is 5.57. The summed E-state index contributed by atoms with van der Waals surface area (Å²) in [6.45, 7) is 5.73. The Morgan fingerprint density at radius 3 is 2.58 bits per heavy atom. The van der Waals surface area contributed by atoms with Gasteiger partial charge in [-0.25, -0.2) is 0 Å². The van der Waals surface area contributed by atoms with Crippen LogP contribution in [0.1, 0.15) is 56.6 Å². The number of ether oxygens (including phenoxy) is 1. The second kappa shape index (κ2) is 11.0. The van der Waals surface area contributed by atoms with Gasteiger partial charge in [-0.2, -0.15) is 0 Å². The number of fused-ring (bicyclic) bond motifs is 1. The summed E-state index contributed by atoms with van der Waals surface area (Å²) in [5.41, 5.74) is 3.13. The lowest BCUT2D eigenvalue weighted by atomic mass is 10.0. The van der Waals surface area contributed by atoms with Crippen LogP contribution < -0.4 is 15.0 Å². The molecule has 0 unspecified atom stereocenters. The smallest absolute Gasteiger partial charge is 0.303 e. The molecule has 1 aliphatic rings. The minimum atomic E-state index is -0.768. The highest BCUT2D eigenvalue weighted by atomic mass is 16.5. The summed E-state index contributed by atoms with van der Waals surface area (Å²) in [5, 5.41) is 12.0. The zero-order chi connectivity index (χ0) is 22.2. The van der Waals surface area contributed by atoms with Crippen LogP contribution in [0.25, 0.3) is 0 Å². The number of hydrogen-bond donors (Lipinski definition) is 2. The number of nitrogens with one attached hydrogen (secondary N) is 1. The van der Waals surface area contributed by atoms with Crippen LogP contribution in [-0.2, 0) is 16.1 Å². The topological polar surface area (TPSA) is 78.9 Å². The number of carboxylic acids is 1. The lowest BCUT2D eigenvalue weighted by Crippen LogP contribution is -2.48. The van der Waals surface area contributed by atoms with Gasteiger partial charge < -0.3 is 20.1 Å². The van der Waals surface area contributed by atoms with E-state index in [9.17, 15) is 9.59 Å². The van der Waals surface area contributed by atoms with Crippen LogP contribution in [0.15, 0.2) is 48.5 Å². The Balaban J connectivity index is 1.69. The number of nitrogens with zero attached hydrogens (tertiary/aromatic N) is 1. The number of amides is 1. The van der Waals surface area contributed by atoms with Crippen molar-refractivity contribution in [1.29, 1.82) is 0 Å². The Morgan fingerprint density at radius 1 is 1.13 bits per heavy atom. The summed E-state index contributed by atoms with van der Waals surface area (Å²) in [4.78, 5) is 25.8. The first-order valence-corrected chi connectivity index (χ1v) is 11.0. The molecule has 2 aromatic carbocycles. The van der Waals surface area contributed by atoms with Crippen molar-refractivity contribution in [2.24, 2.45) is 0 Å². The molecule has 166 valence electrons. The van der Waals surface area contributed by atoms with Crippen molar-refractivity contribution >= 4 is 17.6 Å². The molecule has 0 saturated carbocycles. The number of para-hydroxylation sites is 2. The Hall–Kier alpha value is -2.86. The molecule has 2 N–H and O–H groups in total. The van der Waals surface area contributed by atoms with Crippen molar-refractivity contribution in [3.8, 4) is 5.75 Å². The molecular formula is C25H32N2O4. The number of benzene rings is 2. The summed E-state index contributed by atoms with van der Waals surface area (Å²) in [7, 11) is 0. The van der Waals surface area contributed by atoms with Crippen molar-refractivity contribution in [2.45, 2.75) is 58.0 Å². The van der Waals surface area contributed by atoms with Gasteiger partial charge >= 0.3 is 5.97 Å². The number of carboxylic acid groups (broad SMARTS) is 1. The van der Waals surface area contributed by atoms with Crippen LogP contribution in [0, 0.1) is 0 Å². The molecule has 0 bridgehead atoms. The SMILES string of the molecule is CC(C)c1ccc(CN2C(=O)[C@@H](NCCCCCC(=O)O)COc3ccccc32)cc1. The number of carbonyl (C=O) groups is 2. The highest BCUT2D eigenvalue weighted by molar-refractivity contribution is 5.99. The molecule has 31 heavy (non-hydrogen) atoms. The summed E-state index contributed by atoms with van der Waals surface area (Å²) < 4.78 is 5.96.